The largest absolute Gasteiger partial charge is 0.452 e. The highest BCUT2D eigenvalue weighted by Crippen LogP contribution is 2.21. The normalized spacial score (nSPS) is 10.6. The van der Waals surface area contributed by atoms with E-state index in [1.807, 2.05) is 0 Å². The van der Waals surface area contributed by atoms with E-state index in [1.165, 1.54) is 0 Å². The van der Waals surface area contributed by atoms with Gasteiger partial charge in [0.1, 0.15) is 10.7 Å². The van der Waals surface area contributed by atoms with Gasteiger partial charge in [-0.1, -0.05) is 36.5 Å². The van der Waals surface area contributed by atoms with E-state index in [0.29, 0.717) is 22.9 Å². The van der Waals surface area contributed by atoms with Crippen LogP contribution >= 0.6 is 23.2 Å². The lowest BCUT2D eigenvalue weighted by molar-refractivity contribution is -0.119. The van der Waals surface area contributed by atoms with E-state index in [9.17, 15) is 9.59 Å². The minimum atomic E-state index is -0.670. The molecule has 1 heterocycles. The highest BCUT2D eigenvalue weighted by molar-refractivity contribution is 6.32. The van der Waals surface area contributed by atoms with Gasteiger partial charge in [0, 0.05) is 17.3 Å². The van der Waals surface area contributed by atoms with E-state index in [0.717, 1.165) is 12.8 Å². The molecule has 134 valence electrons. The second kappa shape index (κ2) is 8.87. The van der Waals surface area contributed by atoms with Crippen LogP contribution in [0.15, 0.2) is 24.3 Å². The van der Waals surface area contributed by atoms with Crippen LogP contribution in [0.3, 0.4) is 0 Å². The molecule has 0 atom stereocenters. The minimum Gasteiger partial charge on any atom is -0.452 e. The minimum absolute atomic E-state index is 0.192. The van der Waals surface area contributed by atoms with Crippen molar-refractivity contribution in [3.63, 3.8) is 0 Å². The third-order valence-corrected chi connectivity index (χ3v) is 4.09. The Labute approximate surface area is 156 Å². The van der Waals surface area contributed by atoms with Gasteiger partial charge in [-0.3, -0.25) is 9.48 Å². The van der Waals surface area contributed by atoms with Crippen molar-refractivity contribution in [2.75, 3.05) is 11.9 Å². The molecule has 25 heavy (non-hydrogen) atoms. The van der Waals surface area contributed by atoms with E-state index in [-0.39, 0.29) is 10.7 Å². The summed E-state index contributed by atoms with van der Waals surface area (Å²) in [5, 5.41) is 7.65. The second-order valence-corrected chi connectivity index (χ2v) is 6.25. The maximum Gasteiger partial charge on any atom is 0.343 e. The number of hydrogen-bond acceptors (Lipinski definition) is 4. The molecule has 0 radical (unpaired) electrons. The predicted molar refractivity (Wildman–Crippen MR) is 97.2 cm³/mol. The Morgan fingerprint density at radius 2 is 1.92 bits per heavy atom. The third kappa shape index (κ3) is 5.21. The number of nitrogens with zero attached hydrogens (tertiary/aromatic N) is 2. The highest BCUT2D eigenvalue weighted by atomic mass is 35.5. The zero-order valence-electron chi connectivity index (χ0n) is 14.0. The number of esters is 1. The summed E-state index contributed by atoms with van der Waals surface area (Å²) in [6.07, 6.45) is 1.89. The quantitative estimate of drug-likeness (QED) is 0.730. The number of rotatable bonds is 7. The summed E-state index contributed by atoms with van der Waals surface area (Å²) in [6, 6.07) is 6.61. The molecule has 8 heteroatoms. The number of ether oxygens (including phenoxy) is 1. The lowest BCUT2D eigenvalue weighted by atomic mass is 10.2. The number of aryl methyl sites for hydroxylation is 2. The Balaban J connectivity index is 1.94. The summed E-state index contributed by atoms with van der Waals surface area (Å²) < 4.78 is 6.62. The number of carbonyl (C=O) groups is 2. The molecule has 1 amide bonds. The Kier molecular flexibility index (Phi) is 6.84. The summed E-state index contributed by atoms with van der Waals surface area (Å²) in [7, 11) is 0. The van der Waals surface area contributed by atoms with Crippen LogP contribution in [0.5, 0.6) is 0 Å². The van der Waals surface area contributed by atoms with Crippen LogP contribution in [0, 0.1) is 6.92 Å². The molecule has 0 aliphatic rings. The van der Waals surface area contributed by atoms with Crippen molar-refractivity contribution >= 4 is 40.8 Å². The summed E-state index contributed by atoms with van der Waals surface area (Å²) in [5.41, 5.74) is 1.23. The molecule has 0 unspecified atom stereocenters. The first-order chi connectivity index (χ1) is 11.9. The van der Waals surface area contributed by atoms with E-state index in [2.05, 4.69) is 17.3 Å². The summed E-state index contributed by atoms with van der Waals surface area (Å²) >= 11 is 12.0. The highest BCUT2D eigenvalue weighted by Gasteiger charge is 2.22. The van der Waals surface area contributed by atoms with Gasteiger partial charge >= 0.3 is 5.97 Å². The number of unbranched alkanes of at least 4 members (excludes halogenated alkanes) is 1. The summed E-state index contributed by atoms with van der Waals surface area (Å²) in [6.45, 7) is 3.94. The fourth-order valence-electron chi connectivity index (χ4n) is 2.17. The summed E-state index contributed by atoms with van der Waals surface area (Å²) in [5.74, 6) is -1.13. The van der Waals surface area contributed by atoms with Crippen LogP contribution in [0.25, 0.3) is 0 Å². The number of anilines is 1. The number of aromatic nitrogens is 2. The Hall–Kier alpha value is -2.05. The van der Waals surface area contributed by atoms with Gasteiger partial charge in [-0.15, -0.1) is 0 Å². The molecule has 1 aromatic carbocycles. The molecule has 0 fully saturated rings. The van der Waals surface area contributed by atoms with Gasteiger partial charge in [0.05, 0.1) is 5.69 Å². The van der Waals surface area contributed by atoms with E-state index in [1.54, 1.807) is 35.9 Å². The Morgan fingerprint density at radius 1 is 1.24 bits per heavy atom. The van der Waals surface area contributed by atoms with E-state index < -0.39 is 18.5 Å². The maximum absolute atomic E-state index is 12.2. The van der Waals surface area contributed by atoms with Crippen LogP contribution < -0.4 is 5.32 Å². The van der Waals surface area contributed by atoms with Gasteiger partial charge in [0.15, 0.2) is 6.61 Å². The first kappa shape index (κ1) is 19.3. The van der Waals surface area contributed by atoms with Gasteiger partial charge in [-0.25, -0.2) is 4.79 Å². The number of hydrogen-bond donors (Lipinski definition) is 1. The molecule has 2 rings (SSSR count). The summed E-state index contributed by atoms with van der Waals surface area (Å²) in [4.78, 5) is 24.1. The van der Waals surface area contributed by atoms with Crippen LogP contribution in [-0.4, -0.2) is 28.3 Å². The first-order valence-corrected chi connectivity index (χ1v) is 8.63. The monoisotopic (exact) mass is 383 g/mol. The fraction of sp³-hybridized carbons (Fsp3) is 0.353. The van der Waals surface area contributed by atoms with Crippen LogP contribution in [-0.2, 0) is 16.1 Å². The number of nitrogens with one attached hydrogen (secondary N) is 1. The predicted octanol–water partition coefficient (Wildman–Crippen LogP) is 4.09. The van der Waals surface area contributed by atoms with Crippen molar-refractivity contribution in [3.8, 4) is 0 Å². The first-order valence-electron chi connectivity index (χ1n) is 7.87. The third-order valence-electron chi connectivity index (χ3n) is 3.46. The van der Waals surface area contributed by atoms with Crippen LogP contribution in [0.1, 0.15) is 35.8 Å². The van der Waals surface area contributed by atoms with E-state index in [4.69, 9.17) is 27.9 Å². The van der Waals surface area contributed by atoms with Gasteiger partial charge in [-0.2, -0.15) is 5.10 Å². The van der Waals surface area contributed by atoms with Gasteiger partial charge < -0.3 is 10.1 Å². The molecule has 6 nitrogen and oxygen atoms in total. The lowest BCUT2D eigenvalue weighted by Gasteiger charge is -2.07. The van der Waals surface area contributed by atoms with Crippen LogP contribution in [0.4, 0.5) is 5.69 Å². The van der Waals surface area contributed by atoms with Gasteiger partial charge in [-0.05, 0) is 37.6 Å². The van der Waals surface area contributed by atoms with E-state index >= 15 is 0 Å². The molecule has 0 bridgehead atoms. The molecule has 0 saturated heterocycles. The van der Waals surface area contributed by atoms with Gasteiger partial charge in [0.2, 0.25) is 0 Å². The molecule has 1 N–H and O–H groups in total. The van der Waals surface area contributed by atoms with Crippen LogP contribution in [0.2, 0.25) is 10.2 Å². The number of halogens is 2. The number of amides is 1. The van der Waals surface area contributed by atoms with Crippen molar-refractivity contribution in [1.29, 1.82) is 0 Å². The Morgan fingerprint density at radius 3 is 2.56 bits per heavy atom. The molecule has 1 aromatic heterocycles. The Bertz CT molecular complexity index is 757. The standard InChI is InChI=1S/C17H19Cl2N3O3/c1-3-4-9-22-16(19)15(11(2)21-22)17(24)25-10-14(23)20-13-7-5-12(18)6-8-13/h5-8H,3-4,9-10H2,1-2H3,(H,20,23). The zero-order chi connectivity index (χ0) is 18.4. The fourth-order valence-corrected chi connectivity index (χ4v) is 2.64. The van der Waals surface area contributed by atoms with Crippen molar-refractivity contribution in [2.24, 2.45) is 0 Å². The van der Waals surface area contributed by atoms with Gasteiger partial charge in [0.25, 0.3) is 5.91 Å². The SMILES string of the molecule is CCCCn1nc(C)c(C(=O)OCC(=O)Nc2ccc(Cl)cc2)c1Cl. The second-order valence-electron chi connectivity index (χ2n) is 5.46. The molecular formula is C17H19Cl2N3O3. The van der Waals surface area contributed by atoms with Crippen molar-refractivity contribution in [3.05, 3.63) is 45.7 Å². The van der Waals surface area contributed by atoms with Crippen molar-refractivity contribution in [2.45, 2.75) is 33.2 Å². The molecule has 0 saturated carbocycles. The molecule has 2 aromatic rings. The number of carbonyl (C=O) groups excluding carboxylic acids is 2. The molecule has 0 aliphatic heterocycles. The molecule has 0 aliphatic carbocycles. The average molecular weight is 384 g/mol. The average Bonchev–Trinajstić information content (AvgIpc) is 2.86. The molecule has 0 spiro atoms. The topological polar surface area (TPSA) is 73.2 Å². The van der Waals surface area contributed by atoms with Crippen molar-refractivity contribution < 1.29 is 14.3 Å². The number of benzene rings is 1. The zero-order valence-corrected chi connectivity index (χ0v) is 15.5. The lowest BCUT2D eigenvalue weighted by Crippen LogP contribution is -2.21. The maximum atomic E-state index is 12.2. The van der Waals surface area contributed by atoms with Crippen molar-refractivity contribution in [1.82, 2.24) is 9.78 Å². The smallest absolute Gasteiger partial charge is 0.343 e. The molecular weight excluding hydrogens is 365 g/mol.